The third-order valence-electron chi connectivity index (χ3n) is 6.57. The number of methoxy groups -OCH3 is 1. The molecule has 2 aromatic heterocycles. The molecule has 0 bridgehead atoms. The van der Waals surface area contributed by atoms with Crippen LogP contribution in [0.5, 0.6) is 5.75 Å². The Kier molecular flexibility index (Phi) is 9.48. The van der Waals surface area contributed by atoms with Crippen LogP contribution in [0.3, 0.4) is 0 Å². The summed E-state index contributed by atoms with van der Waals surface area (Å²) in [4.78, 5) is 43.5. The summed E-state index contributed by atoms with van der Waals surface area (Å²) in [6.07, 6.45) is 7.16. The Morgan fingerprint density at radius 1 is 1.08 bits per heavy atom. The third kappa shape index (κ3) is 7.32. The molecule has 0 saturated carbocycles. The Bertz CT molecular complexity index is 1220. The largest absolute Gasteiger partial charge is 0.491 e. The number of benzene rings is 1. The number of imidazole rings is 1. The van der Waals surface area contributed by atoms with Crippen LogP contribution in [0.15, 0.2) is 55.2 Å². The van der Waals surface area contributed by atoms with Crippen LogP contribution in [0.2, 0.25) is 0 Å². The van der Waals surface area contributed by atoms with Gasteiger partial charge in [-0.1, -0.05) is 26.0 Å². The average molecular weight is 536 g/mol. The predicted octanol–water partition coefficient (Wildman–Crippen LogP) is 2.63. The van der Waals surface area contributed by atoms with Crippen LogP contribution in [0, 0.1) is 5.92 Å². The van der Waals surface area contributed by atoms with Gasteiger partial charge in [0.15, 0.2) is 0 Å². The van der Waals surface area contributed by atoms with Crippen molar-refractivity contribution in [2.75, 3.05) is 44.9 Å². The minimum absolute atomic E-state index is 0.0568. The molecule has 11 nitrogen and oxygen atoms in total. The van der Waals surface area contributed by atoms with Crippen LogP contribution in [0.4, 0.5) is 5.82 Å². The topological polar surface area (TPSA) is 115 Å². The summed E-state index contributed by atoms with van der Waals surface area (Å²) in [5, 5.41) is 3.14. The summed E-state index contributed by atoms with van der Waals surface area (Å²) in [6, 6.07) is 8.56. The Balaban J connectivity index is 1.52. The second kappa shape index (κ2) is 13.2. The molecule has 1 N–H and O–H groups in total. The zero-order valence-corrected chi connectivity index (χ0v) is 23.0. The molecule has 3 aromatic rings. The normalized spacial score (nSPS) is 16.3. The Morgan fingerprint density at radius 3 is 2.56 bits per heavy atom. The highest BCUT2D eigenvalue weighted by molar-refractivity contribution is 5.87. The molecule has 3 heterocycles. The Hall–Kier alpha value is -3.99. The molecule has 11 heteroatoms. The van der Waals surface area contributed by atoms with Gasteiger partial charge in [-0.2, -0.15) is 4.98 Å². The first-order chi connectivity index (χ1) is 18.9. The van der Waals surface area contributed by atoms with Gasteiger partial charge in [0, 0.05) is 45.2 Å². The molecule has 2 unspecified atom stereocenters. The molecular weight excluding hydrogens is 498 g/mol. The molecule has 1 aromatic carbocycles. The monoisotopic (exact) mass is 535 g/mol. The molecule has 2 atom stereocenters. The summed E-state index contributed by atoms with van der Waals surface area (Å²) < 4.78 is 12.4. The molecule has 1 aliphatic heterocycles. The van der Waals surface area contributed by atoms with Gasteiger partial charge >= 0.3 is 0 Å². The Labute approximate surface area is 229 Å². The van der Waals surface area contributed by atoms with Crippen molar-refractivity contribution in [2.24, 2.45) is 5.92 Å². The molecule has 0 spiro atoms. The molecule has 1 aliphatic rings. The first kappa shape index (κ1) is 28.0. The molecule has 2 amide bonds. The van der Waals surface area contributed by atoms with Crippen molar-refractivity contribution < 1.29 is 19.1 Å². The highest BCUT2D eigenvalue weighted by Crippen LogP contribution is 2.23. The minimum atomic E-state index is -0.612. The van der Waals surface area contributed by atoms with Crippen molar-refractivity contribution in [3.8, 4) is 11.7 Å². The van der Waals surface area contributed by atoms with E-state index in [1.54, 1.807) is 47.6 Å². The fourth-order valence-corrected chi connectivity index (χ4v) is 4.48. The number of carbonyl (C=O) groups is 2. The fraction of sp³-hybridized carbons (Fsp3) is 0.464. The lowest BCUT2D eigenvalue weighted by Gasteiger charge is -2.41. The van der Waals surface area contributed by atoms with Gasteiger partial charge in [0.1, 0.15) is 30.5 Å². The maximum absolute atomic E-state index is 13.7. The van der Waals surface area contributed by atoms with E-state index < -0.39 is 6.04 Å². The van der Waals surface area contributed by atoms with Crippen molar-refractivity contribution in [2.45, 2.75) is 39.3 Å². The second-order valence-electron chi connectivity index (χ2n) is 9.97. The van der Waals surface area contributed by atoms with Crippen molar-refractivity contribution in [3.63, 3.8) is 0 Å². The second-order valence-corrected chi connectivity index (χ2v) is 9.97. The van der Waals surface area contributed by atoms with Crippen molar-refractivity contribution in [1.82, 2.24) is 29.7 Å². The first-order valence-corrected chi connectivity index (χ1v) is 13.2. The lowest BCUT2D eigenvalue weighted by atomic mass is 10.1. The number of hydrogen-bond donors (Lipinski definition) is 1. The van der Waals surface area contributed by atoms with Gasteiger partial charge < -0.3 is 24.6 Å². The lowest BCUT2D eigenvalue weighted by molar-refractivity contribution is -0.134. The van der Waals surface area contributed by atoms with E-state index in [2.05, 4.69) is 15.3 Å². The lowest BCUT2D eigenvalue weighted by Crippen LogP contribution is -2.60. The highest BCUT2D eigenvalue weighted by atomic mass is 16.5. The number of carbonyl (C=O) groups excluding carboxylic acids is 2. The quantitative estimate of drug-likeness (QED) is 0.373. The molecule has 0 radical (unpaired) electrons. The number of nitrogens with zero attached hydrogens (tertiary/aromatic N) is 6. The van der Waals surface area contributed by atoms with E-state index in [4.69, 9.17) is 14.5 Å². The van der Waals surface area contributed by atoms with Gasteiger partial charge in [-0.3, -0.25) is 14.2 Å². The van der Waals surface area contributed by atoms with Crippen LogP contribution >= 0.6 is 0 Å². The van der Waals surface area contributed by atoms with Crippen molar-refractivity contribution in [1.29, 1.82) is 0 Å². The number of amides is 2. The first-order valence-electron chi connectivity index (χ1n) is 13.2. The summed E-state index contributed by atoms with van der Waals surface area (Å²) >= 11 is 0. The molecule has 1 fully saturated rings. The van der Waals surface area contributed by atoms with E-state index in [1.807, 2.05) is 49.9 Å². The number of aromatic nitrogens is 4. The van der Waals surface area contributed by atoms with Crippen molar-refractivity contribution in [3.05, 3.63) is 60.8 Å². The van der Waals surface area contributed by atoms with Crippen LogP contribution in [-0.2, 0) is 14.3 Å². The number of ether oxygens (including phenoxy) is 2. The highest BCUT2D eigenvalue weighted by Gasteiger charge is 2.36. The molecule has 208 valence electrons. The smallest absolute Gasteiger partial charge is 0.245 e. The third-order valence-corrected chi connectivity index (χ3v) is 6.57. The number of hydrogen-bond acceptors (Lipinski definition) is 8. The standard InChI is InChI=1S/C28H37N7O4/c1-20(2)17-26(36)33-13-14-35(25-9-10-30-28(32-25)34-12-11-29-19-34)24(18-33)27(37)31-21(3)22-5-7-23(8-6-22)39-16-15-38-4/h5-12,19-21,24H,13-18H2,1-4H3,(H,31,37). The summed E-state index contributed by atoms with van der Waals surface area (Å²) in [5.74, 6) is 1.95. The van der Waals surface area contributed by atoms with Crippen LogP contribution in [0.1, 0.15) is 38.8 Å². The van der Waals surface area contributed by atoms with Crippen LogP contribution in [0.25, 0.3) is 5.95 Å². The molecule has 39 heavy (non-hydrogen) atoms. The van der Waals surface area contributed by atoms with Gasteiger partial charge in [-0.25, -0.2) is 9.97 Å². The minimum Gasteiger partial charge on any atom is -0.491 e. The maximum atomic E-state index is 13.7. The molecule has 4 rings (SSSR count). The Morgan fingerprint density at radius 2 is 1.87 bits per heavy atom. The zero-order valence-electron chi connectivity index (χ0n) is 23.0. The molecular formula is C28H37N7O4. The van der Waals surface area contributed by atoms with Gasteiger partial charge in [0.2, 0.25) is 17.8 Å². The zero-order chi connectivity index (χ0) is 27.8. The predicted molar refractivity (Wildman–Crippen MR) is 147 cm³/mol. The van der Waals surface area contributed by atoms with E-state index in [1.165, 1.54) is 0 Å². The van der Waals surface area contributed by atoms with Gasteiger partial charge in [0.05, 0.1) is 19.2 Å². The number of piperazine rings is 1. The molecule has 1 saturated heterocycles. The fourth-order valence-electron chi connectivity index (χ4n) is 4.48. The average Bonchev–Trinajstić information content (AvgIpc) is 3.48. The van der Waals surface area contributed by atoms with Crippen LogP contribution in [-0.4, -0.2) is 82.2 Å². The van der Waals surface area contributed by atoms with Crippen LogP contribution < -0.4 is 15.0 Å². The maximum Gasteiger partial charge on any atom is 0.245 e. The van der Waals surface area contributed by atoms with E-state index in [0.29, 0.717) is 44.5 Å². The van der Waals surface area contributed by atoms with Gasteiger partial charge in [-0.05, 0) is 36.6 Å². The number of rotatable bonds is 11. The number of anilines is 1. The van der Waals surface area contributed by atoms with Gasteiger partial charge in [0.25, 0.3) is 0 Å². The summed E-state index contributed by atoms with van der Waals surface area (Å²) in [7, 11) is 1.63. The van der Waals surface area contributed by atoms with E-state index in [-0.39, 0.29) is 30.3 Å². The van der Waals surface area contributed by atoms with Crippen molar-refractivity contribution >= 4 is 17.6 Å². The van der Waals surface area contributed by atoms with E-state index in [0.717, 1.165) is 11.3 Å². The summed E-state index contributed by atoms with van der Waals surface area (Å²) in [6.45, 7) is 8.23. The van der Waals surface area contributed by atoms with E-state index in [9.17, 15) is 9.59 Å². The van der Waals surface area contributed by atoms with E-state index >= 15 is 0 Å². The SMILES string of the molecule is COCCOc1ccc(C(C)NC(=O)C2CN(C(=O)CC(C)C)CCN2c2ccnc(-n3ccnc3)n2)cc1. The molecule has 0 aliphatic carbocycles. The van der Waals surface area contributed by atoms with Gasteiger partial charge in [-0.15, -0.1) is 0 Å². The summed E-state index contributed by atoms with van der Waals surface area (Å²) in [5.41, 5.74) is 0.946. The number of nitrogens with one attached hydrogen (secondary N) is 1.